The maximum Gasteiger partial charge on any atom is 0.0704 e. The normalized spacial score (nSPS) is 19.7. The fourth-order valence-corrected chi connectivity index (χ4v) is 3.03. The molecule has 0 saturated heterocycles. The molecule has 1 atom stereocenters. The molecule has 0 saturated carbocycles. The Bertz CT molecular complexity index is 564. The Morgan fingerprint density at radius 1 is 1.04 bits per heavy atom. The van der Waals surface area contributed by atoms with Crippen LogP contribution in [0.3, 0.4) is 0 Å². The van der Waals surface area contributed by atoms with E-state index in [4.69, 9.17) is 14.2 Å². The number of hydrogen-bond donors (Lipinski definition) is 0. The minimum absolute atomic E-state index is 0.606. The van der Waals surface area contributed by atoms with Crippen LogP contribution in [0.2, 0.25) is 0 Å². The SMILES string of the molecule is COCCOCCOC/C=C(C)/C=C/C=C(C)/C=C/C1=C(C)CCCC1C. The minimum atomic E-state index is 0.606. The van der Waals surface area contributed by atoms with Gasteiger partial charge in [-0.15, -0.1) is 0 Å². The molecular weight excluding hydrogens is 336 g/mol. The van der Waals surface area contributed by atoms with Crippen molar-refractivity contribution < 1.29 is 14.2 Å². The van der Waals surface area contributed by atoms with Gasteiger partial charge in [-0.1, -0.05) is 60.1 Å². The van der Waals surface area contributed by atoms with Gasteiger partial charge >= 0.3 is 0 Å². The Kier molecular flexibility index (Phi) is 12.8. The predicted molar refractivity (Wildman–Crippen MR) is 115 cm³/mol. The highest BCUT2D eigenvalue weighted by Gasteiger charge is 2.14. The minimum Gasteiger partial charge on any atom is -0.382 e. The third-order valence-electron chi connectivity index (χ3n) is 4.78. The Balaban J connectivity index is 2.33. The number of allylic oxidation sites excluding steroid dienone is 9. The number of hydrogen-bond acceptors (Lipinski definition) is 3. The van der Waals surface area contributed by atoms with Crippen molar-refractivity contribution in [2.75, 3.05) is 40.1 Å². The van der Waals surface area contributed by atoms with Gasteiger partial charge < -0.3 is 14.2 Å². The molecule has 1 aliphatic rings. The van der Waals surface area contributed by atoms with Crippen LogP contribution in [-0.2, 0) is 14.2 Å². The van der Waals surface area contributed by atoms with Gasteiger partial charge in [-0.2, -0.15) is 0 Å². The summed E-state index contributed by atoms with van der Waals surface area (Å²) in [4.78, 5) is 0. The molecule has 27 heavy (non-hydrogen) atoms. The summed E-state index contributed by atoms with van der Waals surface area (Å²) in [7, 11) is 1.67. The molecule has 0 aromatic rings. The van der Waals surface area contributed by atoms with Gasteiger partial charge in [0.25, 0.3) is 0 Å². The maximum absolute atomic E-state index is 5.53. The lowest BCUT2D eigenvalue weighted by Gasteiger charge is -2.22. The van der Waals surface area contributed by atoms with E-state index in [9.17, 15) is 0 Å². The van der Waals surface area contributed by atoms with E-state index in [1.54, 1.807) is 12.7 Å². The molecule has 0 amide bonds. The summed E-state index contributed by atoms with van der Waals surface area (Å²) in [5, 5.41) is 0. The van der Waals surface area contributed by atoms with Crippen LogP contribution in [0.15, 0.2) is 58.7 Å². The third kappa shape index (κ3) is 11.1. The van der Waals surface area contributed by atoms with Crippen molar-refractivity contribution in [2.45, 2.75) is 47.0 Å². The van der Waals surface area contributed by atoms with Crippen molar-refractivity contribution in [1.29, 1.82) is 0 Å². The van der Waals surface area contributed by atoms with E-state index in [0.29, 0.717) is 39.0 Å². The van der Waals surface area contributed by atoms with Crippen molar-refractivity contribution >= 4 is 0 Å². The monoisotopic (exact) mass is 374 g/mol. The van der Waals surface area contributed by atoms with Crippen molar-refractivity contribution in [1.82, 2.24) is 0 Å². The first-order valence-corrected chi connectivity index (χ1v) is 10.1. The van der Waals surface area contributed by atoms with E-state index in [0.717, 1.165) is 0 Å². The highest BCUT2D eigenvalue weighted by Crippen LogP contribution is 2.30. The van der Waals surface area contributed by atoms with E-state index >= 15 is 0 Å². The number of ether oxygens (including phenoxy) is 3. The van der Waals surface area contributed by atoms with Crippen LogP contribution in [0, 0.1) is 5.92 Å². The Hall–Kier alpha value is -1.42. The van der Waals surface area contributed by atoms with Gasteiger partial charge in [0, 0.05) is 7.11 Å². The molecule has 0 N–H and O–H groups in total. The summed E-state index contributed by atoms with van der Waals surface area (Å²) >= 11 is 0. The van der Waals surface area contributed by atoms with Crippen LogP contribution in [0.4, 0.5) is 0 Å². The molecule has 3 nitrogen and oxygen atoms in total. The lowest BCUT2D eigenvalue weighted by atomic mass is 9.84. The first kappa shape index (κ1) is 23.6. The van der Waals surface area contributed by atoms with Crippen molar-refractivity contribution in [2.24, 2.45) is 5.92 Å². The summed E-state index contributed by atoms with van der Waals surface area (Å²) in [6.07, 6.45) is 16.9. The molecule has 0 aromatic carbocycles. The Labute approximate surface area is 166 Å². The summed E-state index contributed by atoms with van der Waals surface area (Å²) < 4.78 is 15.8. The van der Waals surface area contributed by atoms with Gasteiger partial charge in [-0.3, -0.25) is 0 Å². The molecule has 0 spiro atoms. The van der Waals surface area contributed by atoms with Crippen LogP contribution in [0.25, 0.3) is 0 Å². The van der Waals surface area contributed by atoms with E-state index < -0.39 is 0 Å². The van der Waals surface area contributed by atoms with Gasteiger partial charge in [0.1, 0.15) is 0 Å². The predicted octanol–water partition coefficient (Wildman–Crippen LogP) is 5.81. The molecule has 1 rings (SSSR count). The quantitative estimate of drug-likeness (QED) is 0.319. The first-order valence-electron chi connectivity index (χ1n) is 10.1. The zero-order valence-electron chi connectivity index (χ0n) is 17.9. The molecule has 1 unspecified atom stereocenters. The second kappa shape index (κ2) is 14.6. The van der Waals surface area contributed by atoms with Gasteiger partial charge in [-0.05, 0) is 51.5 Å². The summed E-state index contributed by atoms with van der Waals surface area (Å²) in [5.41, 5.74) is 5.54. The second-order valence-corrected chi connectivity index (χ2v) is 7.26. The van der Waals surface area contributed by atoms with Gasteiger partial charge in [0.15, 0.2) is 0 Å². The average molecular weight is 375 g/mol. The highest BCUT2D eigenvalue weighted by molar-refractivity contribution is 5.34. The molecule has 0 aliphatic heterocycles. The average Bonchev–Trinajstić information content (AvgIpc) is 2.63. The number of rotatable bonds is 12. The smallest absolute Gasteiger partial charge is 0.0704 e. The van der Waals surface area contributed by atoms with Crippen molar-refractivity contribution in [3.05, 3.63) is 58.7 Å². The van der Waals surface area contributed by atoms with Crippen LogP contribution in [0.1, 0.15) is 47.0 Å². The van der Waals surface area contributed by atoms with Gasteiger partial charge in [0.05, 0.1) is 33.0 Å². The Morgan fingerprint density at radius 3 is 2.52 bits per heavy atom. The van der Waals surface area contributed by atoms with Crippen LogP contribution >= 0.6 is 0 Å². The van der Waals surface area contributed by atoms with Crippen LogP contribution in [0.5, 0.6) is 0 Å². The standard InChI is InChI=1S/C24H38O3/c1-20(12-13-24-22(3)10-7-11-23(24)4)8-6-9-21(2)14-15-26-18-19-27-17-16-25-5/h6,8-9,12-14,22H,7,10-11,15-19H2,1-5H3/b9-6+,13-12+,20-8+,21-14+. The van der Waals surface area contributed by atoms with E-state index in [-0.39, 0.29) is 0 Å². The number of methoxy groups -OCH3 is 1. The Morgan fingerprint density at radius 2 is 1.78 bits per heavy atom. The summed E-state index contributed by atoms with van der Waals surface area (Å²) in [6, 6.07) is 0. The topological polar surface area (TPSA) is 27.7 Å². The fourth-order valence-electron chi connectivity index (χ4n) is 3.03. The molecule has 0 bridgehead atoms. The van der Waals surface area contributed by atoms with E-state index in [1.165, 1.54) is 36.0 Å². The summed E-state index contributed by atoms with van der Waals surface area (Å²) in [5.74, 6) is 0.689. The van der Waals surface area contributed by atoms with Crippen LogP contribution in [-0.4, -0.2) is 40.1 Å². The van der Waals surface area contributed by atoms with Gasteiger partial charge in [0.2, 0.25) is 0 Å². The molecule has 0 heterocycles. The molecule has 1 aliphatic carbocycles. The lowest BCUT2D eigenvalue weighted by Crippen LogP contribution is -2.08. The highest BCUT2D eigenvalue weighted by atomic mass is 16.5. The largest absolute Gasteiger partial charge is 0.382 e. The van der Waals surface area contributed by atoms with Gasteiger partial charge in [-0.25, -0.2) is 0 Å². The van der Waals surface area contributed by atoms with E-state index in [1.807, 2.05) is 0 Å². The van der Waals surface area contributed by atoms with E-state index in [2.05, 4.69) is 64.2 Å². The molecule has 0 aromatic heterocycles. The second-order valence-electron chi connectivity index (χ2n) is 7.26. The molecule has 0 fully saturated rings. The zero-order valence-corrected chi connectivity index (χ0v) is 17.9. The third-order valence-corrected chi connectivity index (χ3v) is 4.78. The molecule has 3 heteroatoms. The fraction of sp³-hybridized carbons (Fsp3) is 0.583. The molecule has 0 radical (unpaired) electrons. The lowest BCUT2D eigenvalue weighted by molar-refractivity contribution is 0.0313. The zero-order chi connectivity index (χ0) is 19.9. The molecular formula is C24H38O3. The van der Waals surface area contributed by atoms with Crippen LogP contribution < -0.4 is 0 Å². The molecule has 152 valence electrons. The maximum atomic E-state index is 5.53. The summed E-state index contributed by atoms with van der Waals surface area (Å²) in [6.45, 7) is 11.9. The first-order chi connectivity index (χ1) is 13.0. The van der Waals surface area contributed by atoms with Crippen molar-refractivity contribution in [3.8, 4) is 0 Å². The van der Waals surface area contributed by atoms with Crippen molar-refractivity contribution in [3.63, 3.8) is 0 Å².